The minimum atomic E-state index is 0.155. The topological polar surface area (TPSA) is 38.3 Å². The Labute approximate surface area is 93.6 Å². The van der Waals surface area contributed by atoms with Crippen LogP contribution in [0, 0.1) is 0 Å². The van der Waals surface area contributed by atoms with Crippen molar-refractivity contribution in [2.45, 2.75) is 51.9 Å². The second-order valence-corrected chi connectivity index (χ2v) is 3.86. The van der Waals surface area contributed by atoms with Gasteiger partial charge in [-0.3, -0.25) is 4.79 Å². The molecule has 0 saturated carbocycles. The Balaban J connectivity index is 3.10. The van der Waals surface area contributed by atoms with E-state index in [2.05, 4.69) is 12.2 Å². The Morgan fingerprint density at radius 1 is 1.13 bits per heavy atom. The highest BCUT2D eigenvalue weighted by Gasteiger charge is 1.99. The van der Waals surface area contributed by atoms with E-state index in [0.29, 0.717) is 13.0 Å². The molecule has 0 heterocycles. The van der Waals surface area contributed by atoms with Gasteiger partial charge in [0.05, 0.1) is 0 Å². The molecule has 1 N–H and O–H groups in total. The van der Waals surface area contributed by atoms with E-state index in [4.69, 9.17) is 4.74 Å². The first-order chi connectivity index (χ1) is 7.31. The standard InChI is InChI=1S/C12H25NO2/c1-3-4-5-6-7-10-13-12(14)9-8-11-15-2/h3-11H2,1-2H3,(H,13,14). The van der Waals surface area contributed by atoms with Crippen LogP contribution in [0.1, 0.15) is 51.9 Å². The summed E-state index contributed by atoms with van der Waals surface area (Å²) in [5, 5.41) is 2.92. The second kappa shape index (κ2) is 11.5. The summed E-state index contributed by atoms with van der Waals surface area (Å²) in [6.45, 7) is 3.71. The highest BCUT2D eigenvalue weighted by atomic mass is 16.5. The molecular formula is C12H25NO2. The van der Waals surface area contributed by atoms with Crippen LogP contribution < -0.4 is 5.32 Å². The molecule has 0 aromatic heterocycles. The Morgan fingerprint density at radius 3 is 2.53 bits per heavy atom. The molecule has 0 aromatic rings. The third-order valence-corrected chi connectivity index (χ3v) is 2.35. The van der Waals surface area contributed by atoms with Crippen molar-refractivity contribution >= 4 is 5.91 Å². The van der Waals surface area contributed by atoms with Gasteiger partial charge in [0.1, 0.15) is 0 Å². The van der Waals surface area contributed by atoms with Gasteiger partial charge in [0.15, 0.2) is 0 Å². The average molecular weight is 215 g/mol. The lowest BCUT2D eigenvalue weighted by Gasteiger charge is -2.04. The first-order valence-corrected chi connectivity index (χ1v) is 6.07. The summed E-state index contributed by atoms with van der Waals surface area (Å²) in [6, 6.07) is 0. The molecule has 0 atom stereocenters. The second-order valence-electron chi connectivity index (χ2n) is 3.86. The molecule has 0 fully saturated rings. The molecule has 1 amide bonds. The lowest BCUT2D eigenvalue weighted by Crippen LogP contribution is -2.24. The van der Waals surface area contributed by atoms with E-state index in [1.807, 2.05) is 0 Å². The number of carbonyl (C=O) groups is 1. The van der Waals surface area contributed by atoms with E-state index in [1.165, 1.54) is 25.7 Å². The molecule has 0 radical (unpaired) electrons. The van der Waals surface area contributed by atoms with Crippen molar-refractivity contribution in [1.29, 1.82) is 0 Å². The summed E-state index contributed by atoms with van der Waals surface area (Å²) >= 11 is 0. The van der Waals surface area contributed by atoms with E-state index in [0.717, 1.165) is 19.4 Å². The van der Waals surface area contributed by atoms with E-state index >= 15 is 0 Å². The fourth-order valence-electron chi connectivity index (χ4n) is 1.42. The number of methoxy groups -OCH3 is 1. The third kappa shape index (κ3) is 11.4. The summed E-state index contributed by atoms with van der Waals surface area (Å²) in [4.78, 5) is 11.2. The van der Waals surface area contributed by atoms with E-state index in [-0.39, 0.29) is 5.91 Å². The van der Waals surface area contributed by atoms with Crippen LogP contribution in [0.4, 0.5) is 0 Å². The number of amides is 1. The zero-order valence-corrected chi connectivity index (χ0v) is 10.2. The summed E-state index contributed by atoms with van der Waals surface area (Å²) in [6.07, 6.45) is 7.60. The Morgan fingerprint density at radius 2 is 1.87 bits per heavy atom. The largest absolute Gasteiger partial charge is 0.385 e. The van der Waals surface area contributed by atoms with Crippen LogP contribution in [0.3, 0.4) is 0 Å². The number of ether oxygens (including phenoxy) is 1. The van der Waals surface area contributed by atoms with Gasteiger partial charge in [0, 0.05) is 26.7 Å². The van der Waals surface area contributed by atoms with Crippen LogP contribution in [0.15, 0.2) is 0 Å². The van der Waals surface area contributed by atoms with Gasteiger partial charge in [-0.1, -0.05) is 32.6 Å². The highest BCUT2D eigenvalue weighted by molar-refractivity contribution is 5.75. The van der Waals surface area contributed by atoms with Gasteiger partial charge in [0.25, 0.3) is 0 Å². The SMILES string of the molecule is CCCCCCCNC(=O)CCCOC. The summed E-state index contributed by atoms with van der Waals surface area (Å²) in [7, 11) is 1.66. The molecule has 3 nitrogen and oxygen atoms in total. The van der Waals surface area contributed by atoms with Crippen LogP contribution in [0.5, 0.6) is 0 Å². The molecular weight excluding hydrogens is 190 g/mol. The molecule has 0 bridgehead atoms. The van der Waals surface area contributed by atoms with Gasteiger partial charge < -0.3 is 10.1 Å². The smallest absolute Gasteiger partial charge is 0.220 e. The van der Waals surface area contributed by atoms with Crippen LogP contribution in [-0.2, 0) is 9.53 Å². The van der Waals surface area contributed by atoms with Crippen molar-refractivity contribution in [3.05, 3.63) is 0 Å². The fourth-order valence-corrected chi connectivity index (χ4v) is 1.42. The summed E-state index contributed by atoms with van der Waals surface area (Å²) in [5.74, 6) is 0.155. The van der Waals surface area contributed by atoms with Crippen LogP contribution in [-0.4, -0.2) is 26.2 Å². The van der Waals surface area contributed by atoms with Gasteiger partial charge in [-0.15, -0.1) is 0 Å². The van der Waals surface area contributed by atoms with Crippen molar-refractivity contribution < 1.29 is 9.53 Å². The Bertz CT molecular complexity index is 149. The third-order valence-electron chi connectivity index (χ3n) is 2.35. The maximum absolute atomic E-state index is 11.2. The molecule has 0 spiro atoms. The van der Waals surface area contributed by atoms with Gasteiger partial charge in [0.2, 0.25) is 5.91 Å². The zero-order valence-electron chi connectivity index (χ0n) is 10.2. The van der Waals surface area contributed by atoms with Gasteiger partial charge in [-0.2, -0.15) is 0 Å². The summed E-state index contributed by atoms with van der Waals surface area (Å²) in [5.41, 5.74) is 0. The van der Waals surface area contributed by atoms with E-state index in [9.17, 15) is 4.79 Å². The molecule has 3 heteroatoms. The predicted octanol–water partition coefficient (Wildman–Crippen LogP) is 2.50. The van der Waals surface area contributed by atoms with Gasteiger partial charge >= 0.3 is 0 Å². The average Bonchev–Trinajstić information content (AvgIpc) is 2.23. The number of hydrogen-bond donors (Lipinski definition) is 1. The van der Waals surface area contributed by atoms with Crippen LogP contribution in [0.2, 0.25) is 0 Å². The predicted molar refractivity (Wildman–Crippen MR) is 62.9 cm³/mol. The Kier molecular flexibility index (Phi) is 11.1. The number of carbonyl (C=O) groups excluding carboxylic acids is 1. The number of unbranched alkanes of at least 4 members (excludes halogenated alkanes) is 4. The summed E-state index contributed by atoms with van der Waals surface area (Å²) < 4.78 is 4.88. The first-order valence-electron chi connectivity index (χ1n) is 6.07. The van der Waals surface area contributed by atoms with Crippen molar-refractivity contribution in [2.24, 2.45) is 0 Å². The Hall–Kier alpha value is -0.570. The van der Waals surface area contributed by atoms with Crippen molar-refractivity contribution in [3.8, 4) is 0 Å². The lowest BCUT2D eigenvalue weighted by atomic mass is 10.1. The molecule has 0 aliphatic heterocycles. The zero-order chi connectivity index (χ0) is 11.4. The van der Waals surface area contributed by atoms with Crippen molar-refractivity contribution in [3.63, 3.8) is 0 Å². The fraction of sp³-hybridized carbons (Fsp3) is 0.917. The van der Waals surface area contributed by atoms with Crippen molar-refractivity contribution in [1.82, 2.24) is 5.32 Å². The maximum Gasteiger partial charge on any atom is 0.220 e. The molecule has 90 valence electrons. The van der Waals surface area contributed by atoms with Gasteiger partial charge in [-0.05, 0) is 12.8 Å². The monoisotopic (exact) mass is 215 g/mol. The van der Waals surface area contributed by atoms with Crippen molar-refractivity contribution in [2.75, 3.05) is 20.3 Å². The van der Waals surface area contributed by atoms with Crippen LogP contribution in [0.25, 0.3) is 0 Å². The van der Waals surface area contributed by atoms with E-state index in [1.54, 1.807) is 7.11 Å². The molecule has 0 saturated heterocycles. The number of hydrogen-bond acceptors (Lipinski definition) is 2. The van der Waals surface area contributed by atoms with Gasteiger partial charge in [-0.25, -0.2) is 0 Å². The number of rotatable bonds is 10. The molecule has 0 aromatic carbocycles. The first kappa shape index (κ1) is 14.4. The highest BCUT2D eigenvalue weighted by Crippen LogP contribution is 2.01. The molecule has 0 rings (SSSR count). The molecule has 0 aliphatic rings. The maximum atomic E-state index is 11.2. The molecule has 0 aliphatic carbocycles. The minimum Gasteiger partial charge on any atom is -0.385 e. The quantitative estimate of drug-likeness (QED) is 0.569. The number of nitrogens with one attached hydrogen (secondary N) is 1. The molecule has 15 heavy (non-hydrogen) atoms. The lowest BCUT2D eigenvalue weighted by molar-refractivity contribution is -0.121. The minimum absolute atomic E-state index is 0.155. The molecule has 0 unspecified atom stereocenters. The van der Waals surface area contributed by atoms with E-state index < -0.39 is 0 Å². The normalized spacial score (nSPS) is 10.3. The van der Waals surface area contributed by atoms with Crippen LogP contribution >= 0.6 is 0 Å².